The van der Waals surface area contributed by atoms with Crippen molar-refractivity contribution in [2.45, 2.75) is 26.4 Å². The number of rotatable bonds is 5. The maximum atomic E-state index is 11.6. The molecule has 7 nitrogen and oxygen atoms in total. The number of carbonyl (C=O) groups is 1. The topological polar surface area (TPSA) is 74.5 Å². The lowest BCUT2D eigenvalue weighted by molar-refractivity contribution is -0.127. The van der Waals surface area contributed by atoms with Crippen molar-refractivity contribution in [3.8, 4) is 0 Å². The Morgan fingerprint density at radius 2 is 2.14 bits per heavy atom. The molecule has 0 aliphatic rings. The number of carbonyl (C=O) groups excluding carboxylic acids is 1. The summed E-state index contributed by atoms with van der Waals surface area (Å²) in [5, 5.41) is 10.3. The number of hydrogen-bond acceptors (Lipinski definition) is 3. The maximum absolute atomic E-state index is 11.6. The van der Waals surface area contributed by atoms with Crippen molar-refractivity contribution in [1.82, 2.24) is 25.3 Å². The molecule has 21 heavy (non-hydrogen) atoms. The molecule has 1 amide bonds. The van der Waals surface area contributed by atoms with E-state index >= 15 is 0 Å². The first-order valence-electron chi connectivity index (χ1n) is 6.62. The molecule has 0 saturated heterocycles. The van der Waals surface area contributed by atoms with E-state index in [1.165, 1.54) is 0 Å². The number of aromatic nitrogens is 2. The minimum atomic E-state index is 0. The van der Waals surface area contributed by atoms with Crippen LogP contribution < -0.4 is 10.6 Å². The van der Waals surface area contributed by atoms with Crippen LogP contribution in [0.3, 0.4) is 0 Å². The van der Waals surface area contributed by atoms with Gasteiger partial charge in [0.15, 0.2) is 5.96 Å². The van der Waals surface area contributed by atoms with E-state index in [0.29, 0.717) is 12.5 Å². The van der Waals surface area contributed by atoms with Crippen LogP contribution in [0, 0.1) is 0 Å². The van der Waals surface area contributed by atoms with Gasteiger partial charge in [0, 0.05) is 33.4 Å². The molecule has 0 bridgehead atoms. The van der Waals surface area contributed by atoms with Crippen molar-refractivity contribution < 1.29 is 4.79 Å². The second kappa shape index (κ2) is 9.59. The van der Waals surface area contributed by atoms with Gasteiger partial charge in [-0.2, -0.15) is 5.10 Å². The Balaban J connectivity index is 0.00000400. The number of nitrogens with zero attached hydrogens (tertiary/aromatic N) is 4. The van der Waals surface area contributed by atoms with E-state index in [2.05, 4.69) is 20.7 Å². The van der Waals surface area contributed by atoms with Crippen LogP contribution in [0.2, 0.25) is 0 Å². The monoisotopic (exact) mass is 408 g/mol. The number of halogens is 1. The molecule has 0 atom stereocenters. The molecule has 1 aromatic heterocycles. The van der Waals surface area contributed by atoms with Crippen molar-refractivity contribution in [3.63, 3.8) is 0 Å². The molecule has 1 aromatic rings. The number of hydrogen-bond donors (Lipinski definition) is 2. The molecular weight excluding hydrogens is 383 g/mol. The van der Waals surface area contributed by atoms with Gasteiger partial charge in [0.25, 0.3) is 0 Å². The third-order valence-electron chi connectivity index (χ3n) is 2.65. The van der Waals surface area contributed by atoms with Gasteiger partial charge in [-0.15, -0.1) is 24.0 Å². The van der Waals surface area contributed by atoms with Crippen LogP contribution in [-0.2, 0) is 18.4 Å². The lowest BCUT2D eigenvalue weighted by atomic mass is 10.4. The molecule has 1 heterocycles. The first-order chi connectivity index (χ1) is 9.40. The summed E-state index contributed by atoms with van der Waals surface area (Å²) in [5.41, 5.74) is 1.01. The standard InChI is InChI=1S/C13H24N6O.HI/c1-10(2)17-13(15-9-12(20)18(3)4)14-8-11-6-7-16-19(11)5;/h6-7,10H,8-9H2,1-5H3,(H2,14,15,17);1H. The molecular formula is C13H25IN6O. The predicted molar refractivity (Wildman–Crippen MR) is 94.7 cm³/mol. The largest absolute Gasteiger partial charge is 0.354 e. The quantitative estimate of drug-likeness (QED) is 0.425. The van der Waals surface area contributed by atoms with Gasteiger partial charge in [-0.3, -0.25) is 9.48 Å². The Morgan fingerprint density at radius 3 is 2.62 bits per heavy atom. The summed E-state index contributed by atoms with van der Waals surface area (Å²) in [6.45, 7) is 4.77. The van der Waals surface area contributed by atoms with Crippen LogP contribution in [0.4, 0.5) is 0 Å². The van der Waals surface area contributed by atoms with Crippen LogP contribution in [0.5, 0.6) is 0 Å². The molecule has 2 N–H and O–H groups in total. The van der Waals surface area contributed by atoms with Crippen LogP contribution in [0.25, 0.3) is 0 Å². The molecule has 0 aliphatic carbocycles. The molecule has 0 fully saturated rings. The lowest BCUT2D eigenvalue weighted by Gasteiger charge is -2.16. The highest BCUT2D eigenvalue weighted by Crippen LogP contribution is 1.98. The van der Waals surface area contributed by atoms with Gasteiger partial charge in [-0.25, -0.2) is 4.99 Å². The number of guanidine groups is 1. The maximum Gasteiger partial charge on any atom is 0.241 e. The minimum absolute atomic E-state index is 0. The molecule has 120 valence electrons. The van der Waals surface area contributed by atoms with Crippen LogP contribution >= 0.6 is 24.0 Å². The summed E-state index contributed by atoms with van der Waals surface area (Å²) in [6.07, 6.45) is 1.74. The highest BCUT2D eigenvalue weighted by molar-refractivity contribution is 14.0. The Bertz CT molecular complexity index is 469. The Labute approximate surface area is 143 Å². The van der Waals surface area contributed by atoms with Gasteiger partial charge in [-0.1, -0.05) is 0 Å². The van der Waals surface area contributed by atoms with Crippen molar-refractivity contribution >= 4 is 35.8 Å². The summed E-state index contributed by atoms with van der Waals surface area (Å²) in [6, 6.07) is 2.16. The predicted octanol–water partition coefficient (Wildman–Crippen LogP) is 0.570. The first-order valence-corrected chi connectivity index (χ1v) is 6.62. The molecule has 0 unspecified atom stereocenters. The fraction of sp³-hybridized carbons (Fsp3) is 0.615. The van der Waals surface area contributed by atoms with Gasteiger partial charge in [-0.05, 0) is 19.9 Å². The smallest absolute Gasteiger partial charge is 0.241 e. The number of aryl methyl sites for hydroxylation is 1. The number of nitrogens with one attached hydrogen (secondary N) is 2. The van der Waals surface area contributed by atoms with E-state index in [1.54, 1.807) is 29.9 Å². The number of aliphatic imine (C=N–C) groups is 1. The van der Waals surface area contributed by atoms with Gasteiger partial charge in [0.05, 0.1) is 18.8 Å². The second-order valence-electron chi connectivity index (χ2n) is 5.05. The fourth-order valence-electron chi connectivity index (χ4n) is 1.46. The number of likely N-dealkylation sites (N-methyl/N-ethyl adjacent to an activating group) is 1. The Morgan fingerprint density at radius 1 is 1.48 bits per heavy atom. The lowest BCUT2D eigenvalue weighted by Crippen LogP contribution is -2.45. The molecule has 0 aromatic carbocycles. The third kappa shape index (κ3) is 7.30. The van der Waals surface area contributed by atoms with Crippen LogP contribution in [-0.4, -0.2) is 53.2 Å². The van der Waals surface area contributed by atoms with Crippen molar-refractivity contribution in [1.29, 1.82) is 0 Å². The van der Waals surface area contributed by atoms with Crippen molar-refractivity contribution in [3.05, 3.63) is 18.0 Å². The van der Waals surface area contributed by atoms with E-state index in [9.17, 15) is 4.79 Å². The van der Waals surface area contributed by atoms with E-state index in [4.69, 9.17) is 0 Å². The van der Waals surface area contributed by atoms with Gasteiger partial charge in [0.2, 0.25) is 5.91 Å². The summed E-state index contributed by atoms with van der Waals surface area (Å²) < 4.78 is 1.78. The van der Waals surface area contributed by atoms with E-state index in [1.807, 2.05) is 27.0 Å². The fourth-order valence-corrected chi connectivity index (χ4v) is 1.46. The zero-order valence-corrected chi connectivity index (χ0v) is 15.6. The summed E-state index contributed by atoms with van der Waals surface area (Å²) >= 11 is 0. The highest BCUT2D eigenvalue weighted by Gasteiger charge is 2.07. The SMILES string of the molecule is CC(C)NC(=NCc1ccnn1C)NCC(=O)N(C)C.I. The van der Waals surface area contributed by atoms with Gasteiger partial charge in [0.1, 0.15) is 0 Å². The van der Waals surface area contributed by atoms with E-state index < -0.39 is 0 Å². The third-order valence-corrected chi connectivity index (χ3v) is 2.65. The van der Waals surface area contributed by atoms with Gasteiger partial charge < -0.3 is 15.5 Å². The summed E-state index contributed by atoms with van der Waals surface area (Å²) in [5.74, 6) is 0.625. The zero-order chi connectivity index (χ0) is 15.1. The zero-order valence-electron chi connectivity index (χ0n) is 13.3. The van der Waals surface area contributed by atoms with E-state index in [-0.39, 0.29) is 42.5 Å². The van der Waals surface area contributed by atoms with Gasteiger partial charge >= 0.3 is 0 Å². The molecule has 0 radical (unpaired) electrons. The number of amides is 1. The Kier molecular flexibility index (Phi) is 8.98. The Hall–Kier alpha value is -1.32. The summed E-state index contributed by atoms with van der Waals surface area (Å²) in [4.78, 5) is 17.6. The molecule has 8 heteroatoms. The summed E-state index contributed by atoms with van der Waals surface area (Å²) in [7, 11) is 5.34. The first kappa shape index (κ1) is 19.7. The van der Waals surface area contributed by atoms with Crippen LogP contribution in [0.1, 0.15) is 19.5 Å². The normalized spacial score (nSPS) is 11.0. The molecule has 0 saturated carbocycles. The molecule has 0 spiro atoms. The second-order valence-corrected chi connectivity index (χ2v) is 5.05. The minimum Gasteiger partial charge on any atom is -0.354 e. The van der Waals surface area contributed by atoms with E-state index in [0.717, 1.165) is 5.69 Å². The van der Waals surface area contributed by atoms with Crippen molar-refractivity contribution in [2.24, 2.45) is 12.0 Å². The van der Waals surface area contributed by atoms with Crippen molar-refractivity contribution in [2.75, 3.05) is 20.6 Å². The molecule has 0 aliphatic heterocycles. The van der Waals surface area contributed by atoms with Crippen LogP contribution in [0.15, 0.2) is 17.3 Å². The molecule has 1 rings (SSSR count). The average molecular weight is 408 g/mol. The highest BCUT2D eigenvalue weighted by atomic mass is 127. The average Bonchev–Trinajstić information content (AvgIpc) is 2.77.